The molecule has 1 radical (unpaired) electrons. The second-order valence-corrected chi connectivity index (χ2v) is 5.05. The third-order valence-corrected chi connectivity index (χ3v) is 3.88. The first-order valence-corrected chi connectivity index (χ1v) is 6.45. The number of hydrogen-bond acceptors (Lipinski definition) is 3. The van der Waals surface area contributed by atoms with E-state index in [1.54, 1.807) is 6.29 Å². The van der Waals surface area contributed by atoms with E-state index in [1.165, 1.54) is 17.4 Å². The number of carboxylic acid groups (broad SMARTS) is 1. The Hall–Kier alpha value is -2.14. The summed E-state index contributed by atoms with van der Waals surface area (Å²) in [6, 6.07) is 8.58. The molecule has 0 saturated carbocycles. The first-order valence-electron chi connectivity index (χ1n) is 5.64. The topological polar surface area (TPSA) is 57.6 Å². The zero-order valence-corrected chi connectivity index (χ0v) is 10.9. The Morgan fingerprint density at radius 2 is 2.26 bits per heavy atom. The minimum atomic E-state index is -1.16. The van der Waals surface area contributed by atoms with Crippen LogP contribution in [0.3, 0.4) is 0 Å². The molecular formula is C14H12NO3S. The number of nitrogens with zero attached hydrogens (tertiary/aromatic N) is 1. The monoisotopic (exact) mass is 274 g/mol. The molecule has 0 bridgehead atoms. The highest BCUT2D eigenvalue weighted by Crippen LogP contribution is 2.31. The van der Waals surface area contributed by atoms with Crippen LogP contribution in [0.2, 0.25) is 0 Å². The van der Waals surface area contributed by atoms with Crippen molar-refractivity contribution in [2.24, 2.45) is 0 Å². The fraction of sp³-hybridized carbons (Fsp3) is 0.143. The summed E-state index contributed by atoms with van der Waals surface area (Å²) in [5.41, 5.74) is 0. The highest BCUT2D eigenvalue weighted by molar-refractivity contribution is 7.19. The van der Waals surface area contributed by atoms with Crippen LogP contribution in [0.4, 0.5) is 4.79 Å². The standard InChI is InChI=1S/C14H12NO3S/c1-2-7-15(14(17)18)11(9-16)13-8-10-5-3-4-6-12(10)19-13/h2-6,8,11H,1,7H2,(H,17,18). The molecule has 5 heteroatoms. The highest BCUT2D eigenvalue weighted by Gasteiger charge is 2.25. The molecule has 1 aromatic carbocycles. The fourth-order valence-corrected chi connectivity index (χ4v) is 2.96. The van der Waals surface area contributed by atoms with Gasteiger partial charge in [0.05, 0.1) is 0 Å². The van der Waals surface area contributed by atoms with Crippen molar-refractivity contribution in [3.05, 3.63) is 47.9 Å². The van der Waals surface area contributed by atoms with Crippen LogP contribution in [0.1, 0.15) is 10.9 Å². The lowest BCUT2D eigenvalue weighted by Gasteiger charge is -2.22. The molecule has 0 saturated heterocycles. The van der Waals surface area contributed by atoms with Gasteiger partial charge < -0.3 is 5.11 Å². The van der Waals surface area contributed by atoms with Crippen molar-refractivity contribution in [2.75, 3.05) is 6.54 Å². The Kier molecular flexibility index (Phi) is 3.97. The highest BCUT2D eigenvalue weighted by atomic mass is 32.1. The van der Waals surface area contributed by atoms with Gasteiger partial charge in [-0.25, -0.2) is 4.79 Å². The van der Waals surface area contributed by atoms with Gasteiger partial charge in [0.2, 0.25) is 6.29 Å². The van der Waals surface area contributed by atoms with Crippen molar-refractivity contribution >= 4 is 33.8 Å². The summed E-state index contributed by atoms with van der Waals surface area (Å²) in [6.45, 7) is 3.59. The molecule has 4 nitrogen and oxygen atoms in total. The molecule has 0 aliphatic carbocycles. The van der Waals surface area contributed by atoms with Gasteiger partial charge in [0.1, 0.15) is 6.04 Å². The maximum absolute atomic E-state index is 11.2. The molecule has 0 aliphatic heterocycles. The summed E-state index contributed by atoms with van der Waals surface area (Å²) in [6.07, 6.45) is 2.09. The minimum absolute atomic E-state index is 0.0868. The lowest BCUT2D eigenvalue weighted by atomic mass is 10.2. The largest absolute Gasteiger partial charge is 0.465 e. The zero-order chi connectivity index (χ0) is 13.8. The quantitative estimate of drug-likeness (QED) is 0.852. The lowest BCUT2D eigenvalue weighted by molar-refractivity contribution is 0.143. The molecule has 0 fully saturated rings. The Morgan fingerprint density at radius 1 is 1.53 bits per heavy atom. The smallest absolute Gasteiger partial charge is 0.408 e. The van der Waals surface area contributed by atoms with E-state index in [2.05, 4.69) is 6.58 Å². The third kappa shape index (κ3) is 2.66. The average Bonchev–Trinajstić information content (AvgIpc) is 2.81. The Labute approximate surface area is 114 Å². The molecule has 1 aromatic heterocycles. The van der Waals surface area contributed by atoms with Gasteiger partial charge in [-0.15, -0.1) is 17.9 Å². The van der Waals surface area contributed by atoms with E-state index in [4.69, 9.17) is 5.11 Å². The van der Waals surface area contributed by atoms with Crippen LogP contribution in [-0.2, 0) is 4.79 Å². The maximum Gasteiger partial charge on any atom is 0.408 e. The number of amides is 1. The van der Waals surface area contributed by atoms with Crippen molar-refractivity contribution < 1.29 is 14.7 Å². The first-order chi connectivity index (χ1) is 9.17. The van der Waals surface area contributed by atoms with Crippen LogP contribution >= 0.6 is 11.3 Å². The molecule has 2 aromatic rings. The van der Waals surface area contributed by atoms with Crippen LogP contribution in [0.5, 0.6) is 0 Å². The fourth-order valence-electron chi connectivity index (χ4n) is 1.85. The summed E-state index contributed by atoms with van der Waals surface area (Å²) in [7, 11) is 0. The van der Waals surface area contributed by atoms with E-state index in [-0.39, 0.29) is 6.54 Å². The van der Waals surface area contributed by atoms with E-state index in [0.29, 0.717) is 4.88 Å². The van der Waals surface area contributed by atoms with Crippen molar-refractivity contribution in [1.82, 2.24) is 4.90 Å². The molecule has 0 spiro atoms. The number of carbonyl (C=O) groups is 1. The molecule has 97 valence electrons. The van der Waals surface area contributed by atoms with Crippen LogP contribution < -0.4 is 0 Å². The van der Waals surface area contributed by atoms with Crippen molar-refractivity contribution in [3.8, 4) is 0 Å². The van der Waals surface area contributed by atoms with Gasteiger partial charge in [0.25, 0.3) is 0 Å². The van der Waals surface area contributed by atoms with Gasteiger partial charge >= 0.3 is 6.09 Å². The van der Waals surface area contributed by atoms with Crippen molar-refractivity contribution in [1.29, 1.82) is 0 Å². The lowest BCUT2D eigenvalue weighted by Crippen LogP contribution is -2.34. The van der Waals surface area contributed by atoms with Gasteiger partial charge in [-0.2, -0.15) is 0 Å². The Bertz CT molecular complexity index is 587. The summed E-state index contributed by atoms with van der Waals surface area (Å²) in [5.74, 6) is 0. The van der Waals surface area contributed by atoms with Gasteiger partial charge in [-0.1, -0.05) is 24.3 Å². The summed E-state index contributed by atoms with van der Waals surface area (Å²) in [4.78, 5) is 24.0. The predicted molar refractivity (Wildman–Crippen MR) is 75.2 cm³/mol. The summed E-state index contributed by atoms with van der Waals surface area (Å²) in [5, 5.41) is 10.1. The van der Waals surface area contributed by atoms with Gasteiger partial charge in [0.15, 0.2) is 0 Å². The number of thiophene rings is 1. The molecule has 1 heterocycles. The van der Waals surface area contributed by atoms with Gasteiger partial charge in [-0.05, 0) is 17.5 Å². The van der Waals surface area contributed by atoms with E-state index >= 15 is 0 Å². The molecule has 1 N–H and O–H groups in total. The van der Waals surface area contributed by atoms with E-state index in [0.717, 1.165) is 15.0 Å². The summed E-state index contributed by atoms with van der Waals surface area (Å²) >= 11 is 1.40. The maximum atomic E-state index is 11.2. The van der Waals surface area contributed by atoms with E-state index in [9.17, 15) is 9.59 Å². The van der Waals surface area contributed by atoms with Crippen LogP contribution in [0.15, 0.2) is 43.0 Å². The number of carbonyl (C=O) groups excluding carboxylic acids is 1. The predicted octanol–water partition coefficient (Wildman–Crippen LogP) is 3.22. The van der Waals surface area contributed by atoms with E-state index < -0.39 is 12.1 Å². The van der Waals surface area contributed by atoms with Crippen molar-refractivity contribution in [2.45, 2.75) is 6.04 Å². The van der Waals surface area contributed by atoms with Gasteiger partial charge in [0, 0.05) is 16.1 Å². The number of hydrogen-bond donors (Lipinski definition) is 1. The molecule has 19 heavy (non-hydrogen) atoms. The first kappa shape index (κ1) is 13.3. The molecule has 1 atom stereocenters. The Morgan fingerprint density at radius 3 is 2.84 bits per heavy atom. The molecule has 1 unspecified atom stereocenters. The minimum Gasteiger partial charge on any atom is -0.465 e. The van der Waals surface area contributed by atoms with Gasteiger partial charge in [-0.3, -0.25) is 9.69 Å². The summed E-state index contributed by atoms with van der Waals surface area (Å²) < 4.78 is 1.02. The van der Waals surface area contributed by atoms with Crippen LogP contribution in [0.25, 0.3) is 10.1 Å². The SMILES string of the molecule is C=CCN(C(=O)O)C([C]=O)c1cc2ccccc2s1. The van der Waals surface area contributed by atoms with Crippen LogP contribution in [-0.4, -0.2) is 28.9 Å². The second-order valence-electron chi connectivity index (χ2n) is 3.93. The molecule has 1 amide bonds. The molecular weight excluding hydrogens is 262 g/mol. The second kappa shape index (κ2) is 5.67. The Balaban J connectivity index is 2.42. The molecule has 0 aliphatic rings. The van der Waals surface area contributed by atoms with Crippen molar-refractivity contribution in [3.63, 3.8) is 0 Å². The van der Waals surface area contributed by atoms with E-state index in [1.807, 2.05) is 30.3 Å². The van der Waals surface area contributed by atoms with Crippen LogP contribution in [0, 0.1) is 0 Å². The number of fused-ring (bicyclic) bond motifs is 1. The third-order valence-electron chi connectivity index (χ3n) is 2.71. The average molecular weight is 274 g/mol. The number of rotatable bonds is 5. The number of benzene rings is 1. The normalized spacial score (nSPS) is 12.0. The zero-order valence-electron chi connectivity index (χ0n) is 10.1. The molecule has 2 rings (SSSR count).